The summed E-state index contributed by atoms with van der Waals surface area (Å²) in [6, 6.07) is 1.98. The van der Waals surface area contributed by atoms with Crippen LogP contribution in [0.4, 0.5) is 10.2 Å². The number of aromatic amines is 1. The monoisotopic (exact) mass is 631 g/mol. The zero-order valence-electron chi connectivity index (χ0n) is 25.1. The van der Waals surface area contributed by atoms with Gasteiger partial charge in [0.15, 0.2) is 5.82 Å². The van der Waals surface area contributed by atoms with E-state index in [1.165, 1.54) is 19.3 Å². The van der Waals surface area contributed by atoms with Crippen LogP contribution in [0.3, 0.4) is 0 Å². The van der Waals surface area contributed by atoms with E-state index in [2.05, 4.69) is 20.0 Å². The number of H-pyrrole nitrogens is 1. The summed E-state index contributed by atoms with van der Waals surface area (Å²) in [5.74, 6) is 0.638. The van der Waals surface area contributed by atoms with Crippen LogP contribution in [0.2, 0.25) is 5.02 Å². The van der Waals surface area contributed by atoms with E-state index < -0.39 is 5.82 Å². The van der Waals surface area contributed by atoms with Crippen LogP contribution in [0, 0.1) is 11.2 Å². The molecule has 0 amide bonds. The number of aromatic nitrogens is 5. The predicted molar refractivity (Wildman–Crippen MR) is 167 cm³/mol. The number of benzene rings is 1. The summed E-state index contributed by atoms with van der Waals surface area (Å²) >= 11 is 6.85. The lowest BCUT2D eigenvalue weighted by molar-refractivity contribution is 0.107. The van der Waals surface area contributed by atoms with E-state index in [9.17, 15) is 0 Å². The summed E-state index contributed by atoms with van der Waals surface area (Å²) in [7, 11) is 0. The van der Waals surface area contributed by atoms with Crippen molar-refractivity contribution in [2.24, 2.45) is 5.41 Å². The van der Waals surface area contributed by atoms with Crippen LogP contribution in [-0.4, -0.2) is 87.7 Å². The number of fused-ring (bicyclic) bond motifs is 4. The number of pyridine rings is 1. The second kappa shape index (κ2) is 9.62. The van der Waals surface area contributed by atoms with Crippen molar-refractivity contribution in [3.8, 4) is 23.1 Å². The van der Waals surface area contributed by atoms with Gasteiger partial charge in [-0.25, -0.2) is 9.37 Å². The van der Waals surface area contributed by atoms with Crippen LogP contribution >= 0.6 is 11.6 Å². The molecule has 2 atom stereocenters. The van der Waals surface area contributed by atoms with Gasteiger partial charge in [-0.3, -0.25) is 10.00 Å². The molecule has 0 unspecified atom stereocenters. The van der Waals surface area contributed by atoms with Gasteiger partial charge in [0, 0.05) is 35.7 Å². The lowest BCUT2D eigenvalue weighted by Crippen LogP contribution is -2.43. The molecule has 7 heterocycles. The molecule has 1 spiro atoms. The number of hydrogen-bond acceptors (Lipinski definition) is 9. The normalized spacial score (nSPS) is 27.0. The van der Waals surface area contributed by atoms with Crippen molar-refractivity contribution < 1.29 is 18.6 Å². The molecule has 4 aromatic rings. The first-order valence-electron chi connectivity index (χ1n) is 16.4. The second-order valence-electron chi connectivity index (χ2n) is 14.2. The van der Waals surface area contributed by atoms with Crippen molar-refractivity contribution in [1.82, 2.24) is 30.0 Å². The zero-order valence-corrected chi connectivity index (χ0v) is 25.8. The smallest absolute Gasteiger partial charge is 0.319 e. The Hall–Kier alpha value is -3.28. The molecule has 5 fully saturated rings. The standard InChI is InChI=1S/C33H35ClFN7O3/c34-21-11-22-20(12-36-40-22)24(23(21)18-3-4-18)27-26(35)28-25-29(42-9-2-10-43-13-19(42)14-44-30(25)37-27)39-31(38-28)45-17-33-5-1-8-41(33)16-32(15-33)6-7-32/h11-12,18-19H,1-10,13-17H2,(H,36,40)/t19-,33-/m0/s1. The molecule has 10 nitrogen and oxygen atoms in total. The second-order valence-corrected chi connectivity index (χ2v) is 14.6. The Balaban J connectivity index is 1.15. The van der Waals surface area contributed by atoms with Gasteiger partial charge >= 0.3 is 6.01 Å². The molecular weight excluding hydrogens is 597 g/mol. The Kier molecular flexibility index (Phi) is 5.75. The van der Waals surface area contributed by atoms with Gasteiger partial charge in [0.25, 0.3) is 0 Å². The largest absolute Gasteiger partial charge is 0.475 e. The van der Waals surface area contributed by atoms with Crippen molar-refractivity contribution in [2.45, 2.75) is 68.9 Å². The lowest BCUT2D eigenvalue weighted by atomic mass is 9.89. The van der Waals surface area contributed by atoms with E-state index in [1.54, 1.807) is 6.20 Å². The maximum Gasteiger partial charge on any atom is 0.319 e. The van der Waals surface area contributed by atoms with Gasteiger partial charge in [-0.1, -0.05) is 11.6 Å². The molecule has 1 N–H and O–H groups in total. The first-order chi connectivity index (χ1) is 22.0. The Morgan fingerprint density at radius 2 is 2.02 bits per heavy atom. The summed E-state index contributed by atoms with van der Waals surface area (Å²) < 4.78 is 36.1. The fourth-order valence-corrected chi connectivity index (χ4v) is 9.05. The van der Waals surface area contributed by atoms with Gasteiger partial charge in [0.1, 0.15) is 35.6 Å². The molecule has 6 aliphatic rings. The van der Waals surface area contributed by atoms with Crippen molar-refractivity contribution in [3.05, 3.63) is 28.7 Å². The highest BCUT2D eigenvalue weighted by Crippen LogP contribution is 2.60. The van der Waals surface area contributed by atoms with Crippen molar-refractivity contribution in [3.63, 3.8) is 0 Å². The van der Waals surface area contributed by atoms with E-state index in [0.29, 0.717) is 66.1 Å². The number of hydrogen-bond donors (Lipinski definition) is 1. The van der Waals surface area contributed by atoms with Gasteiger partial charge in [-0.05, 0) is 80.9 Å². The van der Waals surface area contributed by atoms with Crippen molar-refractivity contribution in [1.29, 1.82) is 0 Å². The SMILES string of the molecule is Fc1c(-c2c(C3CC3)c(Cl)cc3[nH]ncc23)nc2c3c(nc(OC[C@@]45CCCN4CC4(CC4)C5)nc13)N1CCCOC[C@H]1CO2. The van der Waals surface area contributed by atoms with E-state index in [-0.39, 0.29) is 34.7 Å². The number of rotatable bonds is 5. The molecule has 3 aromatic heterocycles. The number of ether oxygens (including phenoxy) is 3. The average Bonchev–Trinajstić information content (AvgIpc) is 3.92. The molecule has 2 aliphatic carbocycles. The molecule has 4 aliphatic heterocycles. The highest BCUT2D eigenvalue weighted by molar-refractivity contribution is 6.33. The summed E-state index contributed by atoms with van der Waals surface area (Å²) in [6.07, 6.45) is 10.6. The van der Waals surface area contributed by atoms with Crippen molar-refractivity contribution in [2.75, 3.05) is 51.0 Å². The number of halogens is 2. The third-order valence-corrected chi connectivity index (χ3v) is 11.5. The van der Waals surface area contributed by atoms with E-state index in [0.717, 1.165) is 61.7 Å². The number of anilines is 1. The first kappa shape index (κ1) is 26.9. The average molecular weight is 632 g/mol. The summed E-state index contributed by atoms with van der Waals surface area (Å²) in [4.78, 5) is 19.5. The van der Waals surface area contributed by atoms with Crippen LogP contribution in [0.25, 0.3) is 33.1 Å². The Labute approximate surface area is 264 Å². The van der Waals surface area contributed by atoms with E-state index in [1.807, 2.05) is 6.07 Å². The van der Waals surface area contributed by atoms with Gasteiger partial charge in [-0.15, -0.1) is 0 Å². The third kappa shape index (κ3) is 4.12. The van der Waals surface area contributed by atoms with Gasteiger partial charge in [-0.2, -0.15) is 15.1 Å². The van der Waals surface area contributed by atoms with Crippen LogP contribution in [0.1, 0.15) is 62.8 Å². The predicted octanol–water partition coefficient (Wildman–Crippen LogP) is 5.62. The fraction of sp³-hybridized carbons (Fsp3) is 0.576. The molecule has 234 valence electrons. The van der Waals surface area contributed by atoms with Crippen LogP contribution < -0.4 is 14.4 Å². The zero-order chi connectivity index (χ0) is 29.9. The quantitative estimate of drug-likeness (QED) is 0.301. The maximum absolute atomic E-state index is 17.2. The summed E-state index contributed by atoms with van der Waals surface area (Å²) in [5, 5.41) is 9.11. The van der Waals surface area contributed by atoms with Crippen LogP contribution in [0.5, 0.6) is 11.9 Å². The molecule has 10 rings (SSSR count). The molecular formula is C33H35ClFN7O3. The summed E-state index contributed by atoms with van der Waals surface area (Å²) in [6.45, 7) is 4.96. The fourth-order valence-electron chi connectivity index (χ4n) is 8.69. The molecule has 3 saturated heterocycles. The Morgan fingerprint density at radius 1 is 1.11 bits per heavy atom. The molecule has 2 saturated carbocycles. The number of nitrogens with zero attached hydrogens (tertiary/aromatic N) is 6. The minimum atomic E-state index is -0.527. The maximum atomic E-state index is 17.2. The summed E-state index contributed by atoms with van der Waals surface area (Å²) in [5.41, 5.74) is 3.08. The van der Waals surface area contributed by atoms with Gasteiger partial charge in [0.2, 0.25) is 5.88 Å². The molecule has 45 heavy (non-hydrogen) atoms. The Morgan fingerprint density at radius 3 is 2.89 bits per heavy atom. The minimum absolute atomic E-state index is 0.00494. The molecule has 12 heteroatoms. The first-order valence-corrected chi connectivity index (χ1v) is 16.8. The molecule has 0 bridgehead atoms. The lowest BCUT2D eigenvalue weighted by Gasteiger charge is -2.31. The van der Waals surface area contributed by atoms with Crippen LogP contribution in [-0.2, 0) is 4.74 Å². The molecule has 0 radical (unpaired) electrons. The third-order valence-electron chi connectivity index (χ3n) is 11.2. The molecule has 1 aromatic carbocycles. The highest BCUT2D eigenvalue weighted by Gasteiger charge is 2.60. The number of nitrogens with one attached hydrogen (secondary N) is 1. The van der Waals surface area contributed by atoms with Gasteiger partial charge < -0.3 is 19.1 Å². The Bertz CT molecular complexity index is 1880. The van der Waals surface area contributed by atoms with Gasteiger partial charge in [0.05, 0.1) is 29.9 Å². The minimum Gasteiger partial charge on any atom is -0.475 e. The topological polar surface area (TPSA) is 102 Å². The van der Waals surface area contributed by atoms with Crippen LogP contribution in [0.15, 0.2) is 12.3 Å². The van der Waals surface area contributed by atoms with Crippen molar-refractivity contribution >= 4 is 39.2 Å². The highest BCUT2D eigenvalue weighted by atomic mass is 35.5. The van der Waals surface area contributed by atoms with E-state index in [4.69, 9.17) is 40.8 Å². The van der Waals surface area contributed by atoms with E-state index >= 15 is 4.39 Å².